The van der Waals surface area contributed by atoms with E-state index in [0.29, 0.717) is 6.42 Å². The Bertz CT molecular complexity index is 426. The van der Waals surface area contributed by atoms with Crippen molar-refractivity contribution in [3.05, 3.63) is 47.3 Å². The van der Waals surface area contributed by atoms with Crippen LogP contribution in [-0.2, 0) is 6.42 Å². The molecule has 0 aliphatic rings. The second-order valence-electron chi connectivity index (χ2n) is 3.72. The SMILES string of the molecule is Cc1cc(C(O)Cc2ccoc2)c(C)o1. The summed E-state index contributed by atoms with van der Waals surface area (Å²) in [6, 6.07) is 3.73. The van der Waals surface area contributed by atoms with Crippen LogP contribution in [0.2, 0.25) is 0 Å². The number of aliphatic hydroxyl groups excluding tert-OH is 1. The van der Waals surface area contributed by atoms with E-state index in [1.807, 2.05) is 26.0 Å². The summed E-state index contributed by atoms with van der Waals surface area (Å²) in [6.07, 6.45) is 3.28. The first-order chi connectivity index (χ1) is 7.16. The van der Waals surface area contributed by atoms with E-state index >= 15 is 0 Å². The third-order valence-corrected chi connectivity index (χ3v) is 2.45. The molecule has 0 saturated carbocycles. The van der Waals surface area contributed by atoms with Gasteiger partial charge in [-0.3, -0.25) is 0 Å². The Labute approximate surface area is 88.3 Å². The van der Waals surface area contributed by atoms with E-state index in [4.69, 9.17) is 8.83 Å². The molecule has 1 unspecified atom stereocenters. The highest BCUT2D eigenvalue weighted by molar-refractivity contribution is 5.24. The van der Waals surface area contributed by atoms with E-state index in [2.05, 4.69) is 0 Å². The second-order valence-corrected chi connectivity index (χ2v) is 3.72. The largest absolute Gasteiger partial charge is 0.472 e. The Morgan fingerprint density at radius 1 is 1.40 bits per heavy atom. The quantitative estimate of drug-likeness (QED) is 0.839. The van der Waals surface area contributed by atoms with Crippen molar-refractivity contribution >= 4 is 0 Å². The Morgan fingerprint density at radius 3 is 2.73 bits per heavy atom. The average Bonchev–Trinajstić information content (AvgIpc) is 2.75. The molecular formula is C12H14O3. The molecule has 0 aliphatic heterocycles. The second kappa shape index (κ2) is 3.95. The lowest BCUT2D eigenvalue weighted by Crippen LogP contribution is -2.00. The number of hydrogen-bond acceptors (Lipinski definition) is 3. The molecule has 2 heterocycles. The first-order valence-corrected chi connectivity index (χ1v) is 4.93. The topological polar surface area (TPSA) is 46.5 Å². The molecule has 3 nitrogen and oxygen atoms in total. The molecule has 80 valence electrons. The van der Waals surface area contributed by atoms with Crippen LogP contribution in [0.5, 0.6) is 0 Å². The van der Waals surface area contributed by atoms with Crippen molar-refractivity contribution in [3.8, 4) is 0 Å². The van der Waals surface area contributed by atoms with Crippen molar-refractivity contribution in [1.29, 1.82) is 0 Å². The maximum atomic E-state index is 9.98. The van der Waals surface area contributed by atoms with Gasteiger partial charge in [0.15, 0.2) is 0 Å². The predicted molar refractivity (Wildman–Crippen MR) is 55.6 cm³/mol. The normalized spacial score (nSPS) is 13.0. The standard InChI is InChI=1S/C12H14O3/c1-8-5-11(9(2)15-8)12(13)6-10-3-4-14-7-10/h3-5,7,12-13H,6H2,1-2H3. The van der Waals surface area contributed by atoms with Gasteiger partial charge in [-0.1, -0.05) is 0 Å². The van der Waals surface area contributed by atoms with Crippen LogP contribution in [0, 0.1) is 13.8 Å². The minimum absolute atomic E-state index is 0.528. The van der Waals surface area contributed by atoms with Gasteiger partial charge in [-0.05, 0) is 31.5 Å². The Kier molecular flexibility index (Phi) is 2.64. The Hall–Kier alpha value is -1.48. The van der Waals surface area contributed by atoms with Crippen LogP contribution in [-0.4, -0.2) is 5.11 Å². The third kappa shape index (κ3) is 2.13. The molecule has 0 spiro atoms. The molecule has 3 heteroatoms. The fourth-order valence-electron chi connectivity index (χ4n) is 1.72. The summed E-state index contributed by atoms with van der Waals surface area (Å²) in [4.78, 5) is 0. The molecular weight excluding hydrogens is 192 g/mol. The zero-order valence-electron chi connectivity index (χ0n) is 8.86. The van der Waals surface area contributed by atoms with E-state index in [0.717, 1.165) is 22.6 Å². The summed E-state index contributed by atoms with van der Waals surface area (Å²) < 4.78 is 10.3. The summed E-state index contributed by atoms with van der Waals surface area (Å²) in [6.45, 7) is 3.74. The van der Waals surface area contributed by atoms with Gasteiger partial charge in [-0.15, -0.1) is 0 Å². The maximum Gasteiger partial charge on any atom is 0.106 e. The zero-order chi connectivity index (χ0) is 10.8. The van der Waals surface area contributed by atoms with Crippen LogP contribution < -0.4 is 0 Å². The highest BCUT2D eigenvalue weighted by atomic mass is 16.3. The van der Waals surface area contributed by atoms with Crippen molar-refractivity contribution in [1.82, 2.24) is 0 Å². The molecule has 2 aromatic heterocycles. The smallest absolute Gasteiger partial charge is 0.106 e. The van der Waals surface area contributed by atoms with Crippen molar-refractivity contribution in [3.63, 3.8) is 0 Å². The molecule has 0 fully saturated rings. The Balaban J connectivity index is 2.14. The molecule has 0 bridgehead atoms. The van der Waals surface area contributed by atoms with Crippen LogP contribution in [0.25, 0.3) is 0 Å². The van der Waals surface area contributed by atoms with Gasteiger partial charge in [0.25, 0.3) is 0 Å². The van der Waals surface area contributed by atoms with Crippen LogP contribution in [0.1, 0.15) is 28.8 Å². The molecule has 0 amide bonds. The highest BCUT2D eigenvalue weighted by Crippen LogP contribution is 2.24. The van der Waals surface area contributed by atoms with Gasteiger partial charge in [0.2, 0.25) is 0 Å². The molecule has 1 atom stereocenters. The van der Waals surface area contributed by atoms with E-state index in [9.17, 15) is 5.11 Å². The fraction of sp³-hybridized carbons (Fsp3) is 0.333. The summed E-state index contributed by atoms with van der Waals surface area (Å²) in [7, 11) is 0. The van der Waals surface area contributed by atoms with Crippen LogP contribution in [0.15, 0.2) is 33.5 Å². The van der Waals surface area contributed by atoms with Crippen molar-refractivity contribution in [2.75, 3.05) is 0 Å². The molecule has 15 heavy (non-hydrogen) atoms. The van der Waals surface area contributed by atoms with Gasteiger partial charge in [0.05, 0.1) is 18.6 Å². The predicted octanol–water partition coefficient (Wildman–Crippen LogP) is 2.77. The Morgan fingerprint density at radius 2 is 2.20 bits per heavy atom. The summed E-state index contributed by atoms with van der Waals surface area (Å²) in [5.41, 5.74) is 1.84. The molecule has 1 N–H and O–H groups in total. The molecule has 0 aliphatic carbocycles. The zero-order valence-corrected chi connectivity index (χ0v) is 8.86. The van der Waals surface area contributed by atoms with E-state index in [1.54, 1.807) is 12.5 Å². The number of aliphatic hydroxyl groups is 1. The van der Waals surface area contributed by atoms with Crippen molar-refractivity contribution in [2.45, 2.75) is 26.4 Å². The molecule has 0 radical (unpaired) electrons. The van der Waals surface area contributed by atoms with Crippen molar-refractivity contribution in [2.24, 2.45) is 0 Å². The lowest BCUT2D eigenvalue weighted by Gasteiger charge is -2.07. The minimum Gasteiger partial charge on any atom is -0.472 e. The molecule has 0 aromatic carbocycles. The van der Waals surface area contributed by atoms with Crippen LogP contribution in [0.4, 0.5) is 0 Å². The maximum absolute atomic E-state index is 9.98. The summed E-state index contributed by atoms with van der Waals surface area (Å²) in [5.74, 6) is 1.61. The molecule has 2 aromatic rings. The van der Waals surface area contributed by atoms with Gasteiger partial charge in [-0.2, -0.15) is 0 Å². The van der Waals surface area contributed by atoms with Gasteiger partial charge in [0.1, 0.15) is 11.5 Å². The third-order valence-electron chi connectivity index (χ3n) is 2.45. The average molecular weight is 206 g/mol. The molecule has 2 rings (SSSR count). The first kappa shape index (κ1) is 10.1. The van der Waals surface area contributed by atoms with Crippen molar-refractivity contribution < 1.29 is 13.9 Å². The number of rotatable bonds is 3. The van der Waals surface area contributed by atoms with Gasteiger partial charge < -0.3 is 13.9 Å². The van der Waals surface area contributed by atoms with Gasteiger partial charge in [-0.25, -0.2) is 0 Å². The summed E-state index contributed by atoms with van der Waals surface area (Å²) >= 11 is 0. The fourth-order valence-corrected chi connectivity index (χ4v) is 1.72. The lowest BCUT2D eigenvalue weighted by molar-refractivity contribution is 0.176. The molecule has 0 saturated heterocycles. The first-order valence-electron chi connectivity index (χ1n) is 4.93. The number of furan rings is 2. The highest BCUT2D eigenvalue weighted by Gasteiger charge is 2.15. The van der Waals surface area contributed by atoms with E-state index < -0.39 is 6.10 Å². The van der Waals surface area contributed by atoms with E-state index in [1.165, 1.54) is 0 Å². The van der Waals surface area contributed by atoms with Gasteiger partial charge in [0, 0.05) is 12.0 Å². The number of aryl methyl sites for hydroxylation is 2. The van der Waals surface area contributed by atoms with Crippen LogP contribution in [0.3, 0.4) is 0 Å². The van der Waals surface area contributed by atoms with E-state index in [-0.39, 0.29) is 0 Å². The van der Waals surface area contributed by atoms with Gasteiger partial charge >= 0.3 is 0 Å². The van der Waals surface area contributed by atoms with Crippen LogP contribution >= 0.6 is 0 Å². The minimum atomic E-state index is -0.528. The monoisotopic (exact) mass is 206 g/mol. The lowest BCUT2D eigenvalue weighted by atomic mass is 10.0. The number of hydrogen-bond donors (Lipinski definition) is 1. The summed E-state index contributed by atoms with van der Waals surface area (Å²) in [5, 5.41) is 9.98.